The summed E-state index contributed by atoms with van der Waals surface area (Å²) < 4.78 is 25.7. The third-order valence-corrected chi connectivity index (χ3v) is 5.27. The molecule has 2 heterocycles. The first-order chi connectivity index (χ1) is 15.2. The lowest BCUT2D eigenvalue weighted by Crippen LogP contribution is -2.47. The fourth-order valence-corrected chi connectivity index (χ4v) is 3.30. The Morgan fingerprint density at radius 3 is 2.69 bits per heavy atom. The Kier molecular flexibility index (Phi) is 7.70. The molecule has 0 unspecified atom stereocenters. The molecule has 1 aromatic carbocycles. The van der Waals surface area contributed by atoms with Crippen molar-refractivity contribution in [2.24, 2.45) is 4.99 Å². The summed E-state index contributed by atoms with van der Waals surface area (Å²) in [5.74, 6) is -0.785. The summed E-state index contributed by atoms with van der Waals surface area (Å²) in [4.78, 5) is 36.5. The Morgan fingerprint density at radius 1 is 1.28 bits per heavy atom. The molecule has 0 aliphatic carbocycles. The van der Waals surface area contributed by atoms with Crippen LogP contribution in [0, 0.1) is 0 Å². The molecule has 1 aliphatic rings. The summed E-state index contributed by atoms with van der Waals surface area (Å²) in [6.45, 7) is 2.92. The number of carbonyl (C=O) groups excluding carboxylic acids is 2. The first-order valence-electron chi connectivity index (χ1n) is 9.86. The molecule has 1 aliphatic heterocycles. The lowest BCUT2D eigenvalue weighted by atomic mass is 10.1. The van der Waals surface area contributed by atoms with Crippen LogP contribution in [0.5, 0.6) is 0 Å². The maximum Gasteiger partial charge on any atom is 0.280 e. The fraction of sp³-hybridized carbons (Fsp3) is 0.333. The average Bonchev–Trinajstić information content (AvgIpc) is 2.77. The van der Waals surface area contributed by atoms with Crippen LogP contribution < -0.4 is 11.1 Å². The maximum atomic E-state index is 12.8. The Hall–Kier alpha value is -3.11. The molecule has 3 rings (SSSR count). The van der Waals surface area contributed by atoms with E-state index < -0.39 is 18.0 Å². The molecule has 0 atom stereocenters. The van der Waals surface area contributed by atoms with Gasteiger partial charge in [-0.25, -0.2) is 13.8 Å². The smallest absolute Gasteiger partial charge is 0.280 e. The van der Waals surface area contributed by atoms with Gasteiger partial charge in [0, 0.05) is 43.6 Å². The third-order valence-electron chi connectivity index (χ3n) is 4.96. The second-order valence-electron chi connectivity index (χ2n) is 7.32. The summed E-state index contributed by atoms with van der Waals surface area (Å²) in [5, 5.41) is 2.70. The van der Waals surface area contributed by atoms with Gasteiger partial charge in [0.05, 0.1) is 10.7 Å². The molecule has 32 heavy (non-hydrogen) atoms. The van der Waals surface area contributed by atoms with Crippen LogP contribution >= 0.6 is 11.6 Å². The minimum absolute atomic E-state index is 0.0299. The quantitative estimate of drug-likeness (QED) is 0.505. The minimum atomic E-state index is -2.79. The molecule has 0 radical (unpaired) electrons. The van der Waals surface area contributed by atoms with Crippen molar-refractivity contribution in [2.75, 3.05) is 50.8 Å². The van der Waals surface area contributed by atoms with Crippen LogP contribution in [-0.2, 0) is 4.79 Å². The SMILES string of the molecule is CN1CCN(C(=O)CN=Cc2cc(NC(=O)c3cccc(C(F)F)n3)c(Cl)cc2N)CC1. The number of piperazine rings is 1. The van der Waals surface area contributed by atoms with E-state index in [1.54, 1.807) is 4.90 Å². The molecule has 8 nitrogen and oxygen atoms in total. The van der Waals surface area contributed by atoms with E-state index in [4.69, 9.17) is 17.3 Å². The van der Waals surface area contributed by atoms with Gasteiger partial charge in [-0.2, -0.15) is 0 Å². The molecule has 1 saturated heterocycles. The molecule has 0 bridgehead atoms. The Bertz CT molecular complexity index is 1030. The molecule has 0 spiro atoms. The number of nitrogens with one attached hydrogen (secondary N) is 1. The van der Waals surface area contributed by atoms with Crippen LogP contribution in [0.15, 0.2) is 35.3 Å². The summed E-state index contributed by atoms with van der Waals surface area (Å²) in [5.41, 5.74) is 6.26. The normalized spacial score (nSPS) is 14.8. The Morgan fingerprint density at radius 2 is 2.00 bits per heavy atom. The number of hydrogen-bond acceptors (Lipinski definition) is 6. The highest BCUT2D eigenvalue weighted by molar-refractivity contribution is 6.34. The summed E-state index contributed by atoms with van der Waals surface area (Å²) in [7, 11) is 2.01. The van der Waals surface area contributed by atoms with Gasteiger partial charge in [0.2, 0.25) is 5.91 Å². The summed E-state index contributed by atoms with van der Waals surface area (Å²) in [6.07, 6.45) is -1.36. The van der Waals surface area contributed by atoms with E-state index >= 15 is 0 Å². The number of benzene rings is 1. The van der Waals surface area contributed by atoms with E-state index in [1.165, 1.54) is 30.5 Å². The number of aromatic nitrogens is 1. The Labute approximate surface area is 189 Å². The standard InChI is InChI=1S/C21H23ClF2N6O2/c1-29-5-7-30(8-6-29)19(31)12-26-11-13-9-18(14(22)10-15(13)25)28-21(32)17-4-2-3-16(27-17)20(23)24/h2-4,9-11,20H,5-8,12,25H2,1H3,(H,28,32). The van der Waals surface area contributed by atoms with Crippen molar-refractivity contribution in [3.05, 3.63) is 52.3 Å². The van der Waals surface area contributed by atoms with Crippen molar-refractivity contribution in [1.29, 1.82) is 0 Å². The molecular formula is C21H23ClF2N6O2. The number of aliphatic imine (C=N–C) groups is 1. The molecule has 170 valence electrons. The minimum Gasteiger partial charge on any atom is -0.398 e. The molecular weight excluding hydrogens is 442 g/mol. The molecule has 2 aromatic rings. The van der Waals surface area contributed by atoms with Gasteiger partial charge < -0.3 is 20.9 Å². The number of carbonyl (C=O) groups is 2. The number of pyridine rings is 1. The molecule has 0 saturated carbocycles. The van der Waals surface area contributed by atoms with Gasteiger partial charge >= 0.3 is 0 Å². The zero-order chi connectivity index (χ0) is 23.3. The van der Waals surface area contributed by atoms with Gasteiger partial charge in [-0.3, -0.25) is 14.6 Å². The van der Waals surface area contributed by atoms with Crippen LogP contribution in [0.3, 0.4) is 0 Å². The molecule has 2 amide bonds. The van der Waals surface area contributed by atoms with Gasteiger partial charge in [-0.1, -0.05) is 17.7 Å². The molecule has 3 N–H and O–H groups in total. The topological polar surface area (TPSA) is 104 Å². The summed E-state index contributed by atoms with van der Waals surface area (Å²) >= 11 is 6.17. The monoisotopic (exact) mass is 464 g/mol. The van der Waals surface area contributed by atoms with E-state index in [1.807, 2.05) is 7.05 Å². The number of anilines is 2. The highest BCUT2D eigenvalue weighted by Crippen LogP contribution is 2.27. The number of hydrogen-bond donors (Lipinski definition) is 2. The van der Waals surface area contributed by atoms with Crippen molar-refractivity contribution in [3.63, 3.8) is 0 Å². The van der Waals surface area contributed by atoms with Gasteiger partial charge in [0.1, 0.15) is 17.9 Å². The van der Waals surface area contributed by atoms with E-state index in [9.17, 15) is 18.4 Å². The van der Waals surface area contributed by atoms with Crippen LogP contribution in [0.4, 0.5) is 20.2 Å². The zero-order valence-electron chi connectivity index (χ0n) is 17.4. The number of alkyl halides is 2. The molecule has 1 aromatic heterocycles. The van der Waals surface area contributed by atoms with E-state index in [2.05, 4.69) is 20.2 Å². The van der Waals surface area contributed by atoms with E-state index in [-0.39, 0.29) is 28.9 Å². The van der Waals surface area contributed by atoms with Crippen molar-refractivity contribution in [3.8, 4) is 0 Å². The van der Waals surface area contributed by atoms with Gasteiger partial charge in [0.15, 0.2) is 0 Å². The number of rotatable bonds is 6. The van der Waals surface area contributed by atoms with Crippen molar-refractivity contribution >= 4 is 41.0 Å². The van der Waals surface area contributed by atoms with Crippen LogP contribution in [0.1, 0.15) is 28.2 Å². The number of amides is 2. The van der Waals surface area contributed by atoms with Crippen molar-refractivity contribution in [2.45, 2.75) is 6.43 Å². The highest BCUT2D eigenvalue weighted by Gasteiger charge is 2.18. The predicted molar refractivity (Wildman–Crippen MR) is 120 cm³/mol. The zero-order valence-corrected chi connectivity index (χ0v) is 18.1. The largest absolute Gasteiger partial charge is 0.398 e. The number of nitrogen functional groups attached to an aromatic ring is 1. The van der Waals surface area contributed by atoms with Gasteiger partial charge in [0.25, 0.3) is 12.3 Å². The predicted octanol–water partition coefficient (Wildman–Crippen LogP) is 2.70. The lowest BCUT2D eigenvalue weighted by molar-refractivity contribution is -0.131. The summed E-state index contributed by atoms with van der Waals surface area (Å²) in [6, 6.07) is 6.71. The van der Waals surface area contributed by atoms with E-state index in [0.717, 1.165) is 19.2 Å². The maximum absolute atomic E-state index is 12.8. The van der Waals surface area contributed by atoms with Gasteiger partial charge in [-0.05, 0) is 31.3 Å². The van der Waals surface area contributed by atoms with Crippen LogP contribution in [0.25, 0.3) is 0 Å². The van der Waals surface area contributed by atoms with Crippen LogP contribution in [0.2, 0.25) is 5.02 Å². The van der Waals surface area contributed by atoms with Crippen molar-refractivity contribution in [1.82, 2.24) is 14.8 Å². The number of nitrogens with zero attached hydrogens (tertiary/aromatic N) is 4. The number of nitrogens with two attached hydrogens (primary N) is 1. The molecule has 1 fully saturated rings. The van der Waals surface area contributed by atoms with Crippen LogP contribution in [-0.4, -0.2) is 72.6 Å². The number of halogens is 3. The second-order valence-corrected chi connectivity index (χ2v) is 7.72. The Balaban J connectivity index is 1.69. The second kappa shape index (κ2) is 10.5. The average molecular weight is 465 g/mol. The molecule has 11 heteroatoms. The number of likely N-dealkylation sites (N-methyl/N-ethyl adjacent to an activating group) is 1. The van der Waals surface area contributed by atoms with Gasteiger partial charge in [-0.15, -0.1) is 0 Å². The first kappa shape index (κ1) is 23.6. The fourth-order valence-electron chi connectivity index (χ4n) is 3.08. The van der Waals surface area contributed by atoms with E-state index in [0.29, 0.717) is 24.3 Å². The highest BCUT2D eigenvalue weighted by atomic mass is 35.5. The van der Waals surface area contributed by atoms with Crippen molar-refractivity contribution < 1.29 is 18.4 Å². The third kappa shape index (κ3) is 5.98. The lowest BCUT2D eigenvalue weighted by Gasteiger charge is -2.32. The first-order valence-corrected chi connectivity index (χ1v) is 10.2.